The average molecular weight is 206 g/mol. The van der Waals surface area contributed by atoms with E-state index in [2.05, 4.69) is 30.5 Å². The standard InChI is InChI=1S/C12H18N2O/c1-4-13-9(2)11-6-5-7-12(8-11)14-10(3)15/h5-9,13H,4H2,1-3H3,(H,14,15). The van der Waals surface area contributed by atoms with Crippen molar-refractivity contribution in [2.45, 2.75) is 26.8 Å². The molecule has 0 heterocycles. The molecule has 1 amide bonds. The normalized spacial score (nSPS) is 12.2. The van der Waals surface area contributed by atoms with E-state index < -0.39 is 0 Å². The van der Waals surface area contributed by atoms with Gasteiger partial charge >= 0.3 is 0 Å². The third-order valence-electron chi connectivity index (χ3n) is 2.22. The van der Waals surface area contributed by atoms with E-state index in [0.717, 1.165) is 12.2 Å². The quantitative estimate of drug-likeness (QED) is 0.793. The van der Waals surface area contributed by atoms with Gasteiger partial charge in [0, 0.05) is 18.7 Å². The van der Waals surface area contributed by atoms with Gasteiger partial charge in [0.05, 0.1) is 0 Å². The molecule has 0 spiro atoms. The predicted octanol–water partition coefficient (Wildman–Crippen LogP) is 2.32. The van der Waals surface area contributed by atoms with E-state index in [4.69, 9.17) is 0 Å². The number of benzene rings is 1. The minimum Gasteiger partial charge on any atom is -0.326 e. The Morgan fingerprint density at radius 1 is 1.47 bits per heavy atom. The molecule has 0 aromatic heterocycles. The molecule has 0 aliphatic carbocycles. The van der Waals surface area contributed by atoms with Crippen LogP contribution in [-0.4, -0.2) is 12.5 Å². The third-order valence-corrected chi connectivity index (χ3v) is 2.22. The van der Waals surface area contributed by atoms with E-state index in [1.165, 1.54) is 12.5 Å². The molecule has 0 radical (unpaired) electrons. The zero-order valence-corrected chi connectivity index (χ0v) is 9.50. The zero-order valence-electron chi connectivity index (χ0n) is 9.50. The summed E-state index contributed by atoms with van der Waals surface area (Å²) in [5.74, 6) is -0.0387. The van der Waals surface area contributed by atoms with Crippen molar-refractivity contribution in [2.75, 3.05) is 11.9 Å². The van der Waals surface area contributed by atoms with Gasteiger partial charge in [-0.1, -0.05) is 19.1 Å². The van der Waals surface area contributed by atoms with E-state index in [9.17, 15) is 4.79 Å². The predicted molar refractivity (Wildman–Crippen MR) is 62.8 cm³/mol. The Morgan fingerprint density at radius 2 is 2.20 bits per heavy atom. The van der Waals surface area contributed by atoms with Crippen LogP contribution in [0.4, 0.5) is 5.69 Å². The Morgan fingerprint density at radius 3 is 2.80 bits per heavy atom. The third kappa shape index (κ3) is 3.72. The van der Waals surface area contributed by atoms with E-state index in [1.54, 1.807) is 0 Å². The molecule has 3 nitrogen and oxygen atoms in total. The van der Waals surface area contributed by atoms with Gasteiger partial charge in [-0.2, -0.15) is 0 Å². The van der Waals surface area contributed by atoms with Gasteiger partial charge in [0.15, 0.2) is 0 Å². The largest absolute Gasteiger partial charge is 0.326 e. The molecular weight excluding hydrogens is 188 g/mol. The van der Waals surface area contributed by atoms with Crippen LogP contribution in [0, 0.1) is 0 Å². The van der Waals surface area contributed by atoms with Crippen LogP contribution >= 0.6 is 0 Å². The lowest BCUT2D eigenvalue weighted by molar-refractivity contribution is -0.114. The van der Waals surface area contributed by atoms with Crippen molar-refractivity contribution in [3.05, 3.63) is 29.8 Å². The number of anilines is 1. The summed E-state index contributed by atoms with van der Waals surface area (Å²) < 4.78 is 0. The van der Waals surface area contributed by atoms with Crippen molar-refractivity contribution in [1.29, 1.82) is 0 Å². The highest BCUT2D eigenvalue weighted by Gasteiger charge is 2.04. The summed E-state index contributed by atoms with van der Waals surface area (Å²) in [5.41, 5.74) is 2.04. The number of hydrogen-bond acceptors (Lipinski definition) is 2. The van der Waals surface area contributed by atoms with Crippen molar-refractivity contribution in [2.24, 2.45) is 0 Å². The average Bonchev–Trinajstić information content (AvgIpc) is 2.17. The smallest absolute Gasteiger partial charge is 0.221 e. The molecule has 82 valence electrons. The molecule has 0 bridgehead atoms. The summed E-state index contributed by atoms with van der Waals surface area (Å²) in [4.78, 5) is 10.9. The highest BCUT2D eigenvalue weighted by molar-refractivity contribution is 5.88. The van der Waals surface area contributed by atoms with Crippen LogP contribution in [0.25, 0.3) is 0 Å². The second-order valence-corrected chi connectivity index (χ2v) is 3.59. The Balaban J connectivity index is 2.77. The van der Waals surface area contributed by atoms with Crippen molar-refractivity contribution < 1.29 is 4.79 Å². The summed E-state index contributed by atoms with van der Waals surface area (Å²) in [7, 11) is 0. The lowest BCUT2D eigenvalue weighted by Gasteiger charge is -2.13. The molecule has 0 saturated heterocycles. The lowest BCUT2D eigenvalue weighted by atomic mass is 10.1. The molecule has 0 fully saturated rings. The van der Waals surface area contributed by atoms with Crippen molar-refractivity contribution in [3.63, 3.8) is 0 Å². The number of amides is 1. The number of hydrogen-bond donors (Lipinski definition) is 2. The minimum atomic E-state index is -0.0387. The van der Waals surface area contributed by atoms with Gasteiger partial charge < -0.3 is 10.6 Å². The Bertz CT molecular complexity index is 336. The second-order valence-electron chi connectivity index (χ2n) is 3.59. The van der Waals surface area contributed by atoms with Crippen molar-refractivity contribution >= 4 is 11.6 Å². The van der Waals surface area contributed by atoms with Crippen LogP contribution in [0.15, 0.2) is 24.3 Å². The molecule has 1 aromatic carbocycles. The highest BCUT2D eigenvalue weighted by Crippen LogP contribution is 2.16. The van der Waals surface area contributed by atoms with Gasteiger partial charge in [-0.25, -0.2) is 0 Å². The molecule has 0 saturated carbocycles. The van der Waals surface area contributed by atoms with Gasteiger partial charge in [-0.3, -0.25) is 4.79 Å². The van der Waals surface area contributed by atoms with E-state index in [-0.39, 0.29) is 5.91 Å². The second kappa shape index (κ2) is 5.51. The fraction of sp³-hybridized carbons (Fsp3) is 0.417. The van der Waals surface area contributed by atoms with Crippen molar-refractivity contribution in [3.8, 4) is 0 Å². The topological polar surface area (TPSA) is 41.1 Å². The minimum absolute atomic E-state index is 0.0387. The molecule has 1 unspecified atom stereocenters. The van der Waals surface area contributed by atoms with E-state index in [1.807, 2.05) is 18.2 Å². The van der Waals surface area contributed by atoms with Crippen LogP contribution in [0.2, 0.25) is 0 Å². The molecule has 0 aliphatic heterocycles. The summed E-state index contributed by atoms with van der Waals surface area (Å²) in [6, 6.07) is 8.20. The van der Waals surface area contributed by atoms with Crippen LogP contribution < -0.4 is 10.6 Å². The first-order valence-electron chi connectivity index (χ1n) is 5.24. The fourth-order valence-corrected chi connectivity index (χ4v) is 1.51. The molecule has 15 heavy (non-hydrogen) atoms. The summed E-state index contributed by atoms with van der Waals surface area (Å²) in [6.07, 6.45) is 0. The summed E-state index contributed by atoms with van der Waals surface area (Å²) in [6.45, 7) is 6.64. The maximum absolute atomic E-state index is 10.9. The SMILES string of the molecule is CCNC(C)c1cccc(NC(C)=O)c1. The molecule has 1 rings (SSSR count). The van der Waals surface area contributed by atoms with E-state index >= 15 is 0 Å². The molecular formula is C12H18N2O. The van der Waals surface area contributed by atoms with Crippen LogP contribution in [0.5, 0.6) is 0 Å². The van der Waals surface area contributed by atoms with Crippen molar-refractivity contribution in [1.82, 2.24) is 5.32 Å². The molecule has 0 aliphatic rings. The monoisotopic (exact) mass is 206 g/mol. The Kier molecular flexibility index (Phi) is 4.31. The van der Waals surface area contributed by atoms with Crippen LogP contribution in [0.3, 0.4) is 0 Å². The van der Waals surface area contributed by atoms with Gasteiger partial charge in [0.25, 0.3) is 0 Å². The van der Waals surface area contributed by atoms with Crippen LogP contribution in [0.1, 0.15) is 32.4 Å². The molecule has 3 heteroatoms. The number of nitrogens with one attached hydrogen (secondary N) is 2. The maximum Gasteiger partial charge on any atom is 0.221 e. The van der Waals surface area contributed by atoms with Gasteiger partial charge in [-0.15, -0.1) is 0 Å². The Labute approximate surface area is 90.9 Å². The Hall–Kier alpha value is -1.35. The first-order chi connectivity index (χ1) is 7.13. The van der Waals surface area contributed by atoms with Gasteiger partial charge in [0.2, 0.25) is 5.91 Å². The number of carbonyl (C=O) groups excluding carboxylic acids is 1. The zero-order chi connectivity index (χ0) is 11.3. The van der Waals surface area contributed by atoms with Crippen LogP contribution in [-0.2, 0) is 4.79 Å². The van der Waals surface area contributed by atoms with E-state index in [0.29, 0.717) is 6.04 Å². The number of carbonyl (C=O) groups is 1. The fourth-order valence-electron chi connectivity index (χ4n) is 1.51. The summed E-state index contributed by atoms with van der Waals surface area (Å²) >= 11 is 0. The first-order valence-corrected chi connectivity index (χ1v) is 5.24. The molecule has 1 atom stereocenters. The molecule has 2 N–H and O–H groups in total. The maximum atomic E-state index is 10.9. The molecule has 1 aromatic rings. The first kappa shape index (κ1) is 11.7. The van der Waals surface area contributed by atoms with Gasteiger partial charge in [0.1, 0.15) is 0 Å². The van der Waals surface area contributed by atoms with Gasteiger partial charge in [-0.05, 0) is 31.2 Å². The summed E-state index contributed by atoms with van der Waals surface area (Å²) in [5, 5.41) is 6.11. The number of rotatable bonds is 4. The lowest BCUT2D eigenvalue weighted by Crippen LogP contribution is -2.17. The highest BCUT2D eigenvalue weighted by atomic mass is 16.1.